The minimum absolute atomic E-state index is 0.393. The first-order chi connectivity index (χ1) is 9.20. The Bertz CT molecular complexity index is 619. The monoisotopic (exact) mass is 271 g/mol. The largest absolute Gasteiger partial charge is 0.488 e. The van der Waals surface area contributed by atoms with Gasteiger partial charge in [-0.05, 0) is 37.1 Å². The summed E-state index contributed by atoms with van der Waals surface area (Å²) < 4.78 is 5.86. The molecule has 1 aromatic carbocycles. The van der Waals surface area contributed by atoms with E-state index in [4.69, 9.17) is 10.5 Å². The van der Waals surface area contributed by atoms with Crippen molar-refractivity contribution in [2.75, 3.05) is 6.54 Å². The van der Waals surface area contributed by atoms with Crippen molar-refractivity contribution in [3.8, 4) is 17.6 Å². The molecule has 19 heavy (non-hydrogen) atoms. The van der Waals surface area contributed by atoms with Crippen LogP contribution in [0.25, 0.3) is 0 Å². The molecule has 0 saturated carbocycles. The predicted molar refractivity (Wildman–Crippen MR) is 80.5 cm³/mol. The standard InChI is InChI=1S/C16H17NOS/c1-12-5-3-7-16(13(12)2)18-10-15-9-14(11-19-15)6-4-8-17/h3,5,7,9,11H,8,10,17H2,1-2H3. The third kappa shape index (κ3) is 3.60. The summed E-state index contributed by atoms with van der Waals surface area (Å²) in [6.07, 6.45) is 0. The summed E-state index contributed by atoms with van der Waals surface area (Å²) in [7, 11) is 0. The number of aryl methyl sites for hydroxylation is 1. The molecule has 0 spiro atoms. The van der Waals surface area contributed by atoms with Gasteiger partial charge in [0, 0.05) is 15.8 Å². The molecule has 0 aliphatic heterocycles. The Kier molecular flexibility index (Phi) is 4.62. The molecular weight excluding hydrogens is 254 g/mol. The maximum absolute atomic E-state index is 5.86. The van der Waals surface area contributed by atoms with Crippen LogP contribution in [0, 0.1) is 25.7 Å². The lowest BCUT2D eigenvalue weighted by molar-refractivity contribution is 0.307. The van der Waals surface area contributed by atoms with E-state index in [1.807, 2.05) is 17.5 Å². The molecule has 3 heteroatoms. The smallest absolute Gasteiger partial charge is 0.123 e. The predicted octanol–water partition coefficient (Wildman–Crippen LogP) is 3.25. The van der Waals surface area contributed by atoms with Crippen molar-refractivity contribution in [1.29, 1.82) is 0 Å². The number of nitrogens with two attached hydrogens (primary N) is 1. The maximum atomic E-state index is 5.86. The third-order valence-corrected chi connectivity index (χ3v) is 3.82. The minimum Gasteiger partial charge on any atom is -0.488 e. The Morgan fingerprint density at radius 3 is 2.95 bits per heavy atom. The van der Waals surface area contributed by atoms with Gasteiger partial charge in [0.1, 0.15) is 12.4 Å². The fourth-order valence-corrected chi connectivity index (χ4v) is 2.43. The quantitative estimate of drug-likeness (QED) is 0.870. The van der Waals surface area contributed by atoms with E-state index in [9.17, 15) is 0 Å². The van der Waals surface area contributed by atoms with Gasteiger partial charge in [0.05, 0.1) is 6.54 Å². The van der Waals surface area contributed by atoms with Gasteiger partial charge in [-0.3, -0.25) is 0 Å². The third-order valence-electron chi connectivity index (χ3n) is 2.91. The Morgan fingerprint density at radius 2 is 2.16 bits per heavy atom. The van der Waals surface area contributed by atoms with E-state index in [1.165, 1.54) is 16.0 Å². The summed E-state index contributed by atoms with van der Waals surface area (Å²) in [5.74, 6) is 6.82. The molecule has 0 bridgehead atoms. The minimum atomic E-state index is 0.393. The molecule has 2 aromatic rings. The molecule has 1 aromatic heterocycles. The molecule has 0 atom stereocenters. The average Bonchev–Trinajstić information content (AvgIpc) is 2.86. The average molecular weight is 271 g/mol. The molecule has 1 heterocycles. The highest BCUT2D eigenvalue weighted by atomic mass is 32.1. The van der Waals surface area contributed by atoms with Crippen LogP contribution in [-0.4, -0.2) is 6.54 Å². The molecular formula is C16H17NOS. The normalized spacial score (nSPS) is 9.84. The second kappa shape index (κ2) is 6.42. The van der Waals surface area contributed by atoms with Crippen LogP contribution in [0.4, 0.5) is 0 Å². The van der Waals surface area contributed by atoms with E-state index in [2.05, 4.69) is 37.8 Å². The highest BCUT2D eigenvalue weighted by molar-refractivity contribution is 7.10. The number of hydrogen-bond donors (Lipinski definition) is 1. The number of benzene rings is 1. The van der Waals surface area contributed by atoms with E-state index in [-0.39, 0.29) is 0 Å². The number of hydrogen-bond acceptors (Lipinski definition) is 3. The SMILES string of the molecule is Cc1cccc(OCc2cc(C#CCN)cs2)c1C. The van der Waals surface area contributed by atoms with Crippen molar-refractivity contribution in [1.82, 2.24) is 0 Å². The Morgan fingerprint density at radius 1 is 1.32 bits per heavy atom. The summed E-state index contributed by atoms with van der Waals surface area (Å²) in [5, 5.41) is 2.03. The Hall–Kier alpha value is -1.76. The van der Waals surface area contributed by atoms with Crippen LogP contribution in [0.1, 0.15) is 21.6 Å². The number of thiophene rings is 1. The van der Waals surface area contributed by atoms with Gasteiger partial charge in [-0.2, -0.15) is 0 Å². The first kappa shape index (κ1) is 13.7. The van der Waals surface area contributed by atoms with Gasteiger partial charge in [0.15, 0.2) is 0 Å². The maximum Gasteiger partial charge on any atom is 0.123 e. The van der Waals surface area contributed by atoms with Crippen LogP contribution in [-0.2, 0) is 6.61 Å². The summed E-state index contributed by atoms with van der Waals surface area (Å²) in [5.41, 5.74) is 8.81. The topological polar surface area (TPSA) is 35.2 Å². The zero-order valence-electron chi connectivity index (χ0n) is 11.2. The van der Waals surface area contributed by atoms with Gasteiger partial charge in [0.2, 0.25) is 0 Å². The molecule has 98 valence electrons. The van der Waals surface area contributed by atoms with Crippen LogP contribution >= 0.6 is 11.3 Å². The van der Waals surface area contributed by atoms with Gasteiger partial charge in [-0.25, -0.2) is 0 Å². The van der Waals surface area contributed by atoms with Gasteiger partial charge in [-0.1, -0.05) is 24.0 Å². The van der Waals surface area contributed by atoms with Gasteiger partial charge in [0.25, 0.3) is 0 Å². The molecule has 0 radical (unpaired) electrons. The van der Waals surface area contributed by atoms with E-state index >= 15 is 0 Å². The molecule has 0 amide bonds. The number of ether oxygens (including phenoxy) is 1. The lowest BCUT2D eigenvalue weighted by Crippen LogP contribution is -1.96. The van der Waals surface area contributed by atoms with Crippen molar-refractivity contribution >= 4 is 11.3 Å². The fraction of sp³-hybridized carbons (Fsp3) is 0.250. The van der Waals surface area contributed by atoms with Crippen molar-refractivity contribution in [3.63, 3.8) is 0 Å². The van der Waals surface area contributed by atoms with Crippen molar-refractivity contribution in [3.05, 3.63) is 51.2 Å². The number of rotatable bonds is 3. The van der Waals surface area contributed by atoms with Crippen LogP contribution < -0.4 is 10.5 Å². The van der Waals surface area contributed by atoms with E-state index in [0.717, 1.165) is 11.3 Å². The van der Waals surface area contributed by atoms with E-state index in [0.29, 0.717) is 13.2 Å². The molecule has 0 aliphatic rings. The van der Waals surface area contributed by atoms with Gasteiger partial charge < -0.3 is 10.5 Å². The molecule has 0 unspecified atom stereocenters. The molecule has 0 saturated heterocycles. The highest BCUT2D eigenvalue weighted by Crippen LogP contribution is 2.23. The fourth-order valence-electron chi connectivity index (χ4n) is 1.70. The van der Waals surface area contributed by atoms with E-state index < -0.39 is 0 Å². The summed E-state index contributed by atoms with van der Waals surface area (Å²) in [4.78, 5) is 1.17. The first-order valence-electron chi connectivity index (χ1n) is 6.16. The van der Waals surface area contributed by atoms with Crippen LogP contribution in [0.3, 0.4) is 0 Å². The zero-order chi connectivity index (χ0) is 13.7. The van der Waals surface area contributed by atoms with Gasteiger partial charge >= 0.3 is 0 Å². The first-order valence-corrected chi connectivity index (χ1v) is 7.04. The second-order valence-corrected chi connectivity index (χ2v) is 5.29. The lowest BCUT2D eigenvalue weighted by Gasteiger charge is -2.09. The van der Waals surface area contributed by atoms with Crippen LogP contribution in [0.2, 0.25) is 0 Å². The van der Waals surface area contributed by atoms with Crippen molar-refractivity contribution in [2.24, 2.45) is 5.73 Å². The Labute approximate surface area is 118 Å². The van der Waals surface area contributed by atoms with E-state index in [1.54, 1.807) is 11.3 Å². The molecule has 2 rings (SSSR count). The lowest BCUT2D eigenvalue weighted by atomic mass is 10.1. The molecule has 2 N–H and O–H groups in total. The molecule has 0 aliphatic carbocycles. The Balaban J connectivity index is 2.02. The van der Waals surface area contributed by atoms with Crippen LogP contribution in [0.15, 0.2) is 29.6 Å². The zero-order valence-corrected chi connectivity index (χ0v) is 12.0. The second-order valence-electron chi connectivity index (χ2n) is 4.29. The molecule has 2 nitrogen and oxygen atoms in total. The summed E-state index contributed by atoms with van der Waals surface area (Å²) >= 11 is 1.66. The van der Waals surface area contributed by atoms with Crippen molar-refractivity contribution < 1.29 is 4.74 Å². The molecule has 0 fully saturated rings. The van der Waals surface area contributed by atoms with Gasteiger partial charge in [-0.15, -0.1) is 11.3 Å². The summed E-state index contributed by atoms with van der Waals surface area (Å²) in [6.45, 7) is 5.15. The summed E-state index contributed by atoms with van der Waals surface area (Å²) in [6, 6.07) is 8.17. The van der Waals surface area contributed by atoms with Crippen molar-refractivity contribution in [2.45, 2.75) is 20.5 Å². The van der Waals surface area contributed by atoms with Crippen LogP contribution in [0.5, 0.6) is 5.75 Å². The highest BCUT2D eigenvalue weighted by Gasteiger charge is 2.03.